The highest BCUT2D eigenvalue weighted by Crippen LogP contribution is 2.28. The summed E-state index contributed by atoms with van der Waals surface area (Å²) in [6.07, 6.45) is 3.59. The number of pyridine rings is 1. The Morgan fingerprint density at radius 3 is 2.96 bits per heavy atom. The van der Waals surface area contributed by atoms with Crippen LogP contribution in [0.25, 0.3) is 0 Å². The molecule has 0 amide bonds. The molecule has 128 valence electrons. The van der Waals surface area contributed by atoms with Crippen LogP contribution in [0.3, 0.4) is 0 Å². The number of aromatic nitrogens is 1. The Morgan fingerprint density at radius 1 is 1.42 bits per heavy atom. The van der Waals surface area contributed by atoms with E-state index in [1.807, 2.05) is 18.3 Å². The second-order valence-electron chi connectivity index (χ2n) is 5.51. The Kier molecular flexibility index (Phi) is 6.51. The average molecular weight is 369 g/mol. The van der Waals surface area contributed by atoms with Gasteiger partial charge < -0.3 is 5.32 Å². The molecular formula is C16H18Cl2N4O2. The lowest BCUT2D eigenvalue weighted by atomic mass is 10.0. The van der Waals surface area contributed by atoms with Crippen LogP contribution in [0.4, 0.5) is 5.69 Å². The Bertz CT molecular complexity index is 700. The SMILES string of the molecule is Cl.O=[N+]([O-])c1ccc(Cl)cc1CN1CCNCC1c1cccnc1. The minimum atomic E-state index is -0.354. The van der Waals surface area contributed by atoms with Gasteiger partial charge >= 0.3 is 0 Å². The van der Waals surface area contributed by atoms with Crippen LogP contribution in [0.5, 0.6) is 0 Å². The summed E-state index contributed by atoms with van der Waals surface area (Å²) in [7, 11) is 0. The molecule has 2 heterocycles. The summed E-state index contributed by atoms with van der Waals surface area (Å²) < 4.78 is 0. The molecule has 3 rings (SSSR count). The van der Waals surface area contributed by atoms with Crippen LogP contribution in [0.2, 0.25) is 5.02 Å². The number of nitrogens with one attached hydrogen (secondary N) is 1. The first-order valence-corrected chi connectivity index (χ1v) is 7.80. The molecule has 1 saturated heterocycles. The molecule has 24 heavy (non-hydrogen) atoms. The fourth-order valence-electron chi connectivity index (χ4n) is 2.92. The third kappa shape index (κ3) is 4.21. The summed E-state index contributed by atoms with van der Waals surface area (Å²) in [5.74, 6) is 0. The molecule has 0 saturated carbocycles. The highest BCUT2D eigenvalue weighted by atomic mass is 35.5. The highest BCUT2D eigenvalue weighted by molar-refractivity contribution is 6.30. The van der Waals surface area contributed by atoms with E-state index in [2.05, 4.69) is 15.2 Å². The number of rotatable bonds is 4. The monoisotopic (exact) mass is 368 g/mol. The van der Waals surface area contributed by atoms with Crippen molar-refractivity contribution in [3.05, 3.63) is 69.0 Å². The van der Waals surface area contributed by atoms with Crippen molar-refractivity contribution in [2.75, 3.05) is 19.6 Å². The van der Waals surface area contributed by atoms with Gasteiger partial charge in [-0.2, -0.15) is 0 Å². The normalized spacial score (nSPS) is 18.0. The van der Waals surface area contributed by atoms with E-state index in [0.29, 0.717) is 17.1 Å². The molecule has 1 aliphatic rings. The van der Waals surface area contributed by atoms with Crippen LogP contribution < -0.4 is 5.32 Å². The Labute approximate surface area is 151 Å². The zero-order valence-electron chi connectivity index (χ0n) is 12.9. The fraction of sp³-hybridized carbons (Fsp3) is 0.312. The third-order valence-electron chi connectivity index (χ3n) is 4.04. The zero-order valence-corrected chi connectivity index (χ0v) is 14.5. The van der Waals surface area contributed by atoms with E-state index in [0.717, 1.165) is 25.2 Å². The van der Waals surface area contributed by atoms with Crippen molar-refractivity contribution in [2.45, 2.75) is 12.6 Å². The standard InChI is InChI=1S/C16H17ClN4O2.ClH/c17-14-3-4-15(21(22)23)13(8-14)11-20-7-6-19-10-16(20)12-2-1-5-18-9-12;/h1-5,8-9,16,19H,6-7,10-11H2;1H. The largest absolute Gasteiger partial charge is 0.314 e. The summed E-state index contributed by atoms with van der Waals surface area (Å²) in [5, 5.41) is 15.1. The van der Waals surface area contributed by atoms with Crippen LogP contribution in [0.15, 0.2) is 42.7 Å². The van der Waals surface area contributed by atoms with Gasteiger partial charge in [-0.3, -0.25) is 20.0 Å². The maximum absolute atomic E-state index is 11.2. The third-order valence-corrected chi connectivity index (χ3v) is 4.27. The van der Waals surface area contributed by atoms with Gasteiger partial charge in [0.05, 0.1) is 4.92 Å². The summed E-state index contributed by atoms with van der Waals surface area (Å²) in [5.41, 5.74) is 1.85. The first kappa shape index (κ1) is 18.6. The molecule has 0 radical (unpaired) electrons. The smallest absolute Gasteiger partial charge is 0.273 e. The van der Waals surface area contributed by atoms with Gasteiger partial charge in [-0.25, -0.2) is 0 Å². The van der Waals surface area contributed by atoms with Gasteiger partial charge in [-0.05, 0) is 23.8 Å². The first-order chi connectivity index (χ1) is 11.1. The molecule has 0 spiro atoms. The molecule has 8 heteroatoms. The van der Waals surface area contributed by atoms with Gasteiger partial charge in [0.15, 0.2) is 0 Å². The molecule has 6 nitrogen and oxygen atoms in total. The van der Waals surface area contributed by atoms with E-state index in [1.165, 1.54) is 6.07 Å². The molecule has 0 aliphatic carbocycles. The Morgan fingerprint density at radius 2 is 2.25 bits per heavy atom. The minimum absolute atomic E-state index is 0. The summed E-state index contributed by atoms with van der Waals surface area (Å²) >= 11 is 6.03. The molecule has 2 aromatic rings. The molecule has 1 aliphatic heterocycles. The Hall–Kier alpha value is -1.73. The predicted molar refractivity (Wildman–Crippen MR) is 95.6 cm³/mol. The van der Waals surface area contributed by atoms with Gasteiger partial charge in [-0.15, -0.1) is 12.4 Å². The van der Waals surface area contributed by atoms with Gasteiger partial charge in [0, 0.05) is 61.3 Å². The fourth-order valence-corrected chi connectivity index (χ4v) is 3.11. The number of hydrogen-bond donors (Lipinski definition) is 1. The van der Waals surface area contributed by atoms with E-state index < -0.39 is 0 Å². The maximum Gasteiger partial charge on any atom is 0.273 e. The maximum atomic E-state index is 11.2. The molecule has 1 N–H and O–H groups in total. The van der Waals surface area contributed by atoms with Gasteiger partial charge in [0.1, 0.15) is 0 Å². The van der Waals surface area contributed by atoms with Gasteiger partial charge in [0.25, 0.3) is 5.69 Å². The summed E-state index contributed by atoms with van der Waals surface area (Å²) in [4.78, 5) is 17.3. The average Bonchev–Trinajstić information content (AvgIpc) is 2.56. The Balaban J connectivity index is 0.00000208. The number of nitro groups is 1. The number of piperazine rings is 1. The summed E-state index contributed by atoms with van der Waals surface area (Å²) in [6.45, 7) is 2.94. The first-order valence-electron chi connectivity index (χ1n) is 7.42. The van der Waals surface area contributed by atoms with Crippen molar-refractivity contribution in [3.8, 4) is 0 Å². The van der Waals surface area contributed by atoms with Crippen molar-refractivity contribution in [3.63, 3.8) is 0 Å². The van der Waals surface area contributed by atoms with Crippen LogP contribution in [-0.4, -0.2) is 34.4 Å². The van der Waals surface area contributed by atoms with Crippen molar-refractivity contribution in [1.29, 1.82) is 0 Å². The van der Waals surface area contributed by atoms with E-state index >= 15 is 0 Å². The number of halogens is 2. The topological polar surface area (TPSA) is 71.3 Å². The molecule has 0 bridgehead atoms. The molecule has 1 atom stereocenters. The van der Waals surface area contributed by atoms with Crippen molar-refractivity contribution < 1.29 is 4.92 Å². The van der Waals surface area contributed by atoms with Crippen molar-refractivity contribution in [2.24, 2.45) is 0 Å². The number of nitrogens with zero attached hydrogens (tertiary/aromatic N) is 3. The number of hydrogen-bond acceptors (Lipinski definition) is 5. The van der Waals surface area contributed by atoms with E-state index in [1.54, 1.807) is 18.3 Å². The quantitative estimate of drug-likeness (QED) is 0.662. The van der Waals surface area contributed by atoms with E-state index in [9.17, 15) is 10.1 Å². The summed E-state index contributed by atoms with van der Waals surface area (Å²) in [6, 6.07) is 8.78. The zero-order chi connectivity index (χ0) is 16.2. The molecular weight excluding hydrogens is 351 g/mol. The molecule has 1 aromatic heterocycles. The van der Waals surface area contributed by atoms with Gasteiger partial charge in [0.2, 0.25) is 0 Å². The molecule has 1 aromatic carbocycles. The van der Waals surface area contributed by atoms with Crippen molar-refractivity contribution >= 4 is 29.7 Å². The number of nitro benzene ring substituents is 1. The number of benzene rings is 1. The van der Waals surface area contributed by atoms with Crippen molar-refractivity contribution in [1.82, 2.24) is 15.2 Å². The lowest BCUT2D eigenvalue weighted by Gasteiger charge is -2.36. The van der Waals surface area contributed by atoms with Gasteiger partial charge in [-0.1, -0.05) is 17.7 Å². The second-order valence-corrected chi connectivity index (χ2v) is 5.94. The minimum Gasteiger partial charge on any atom is -0.314 e. The lowest BCUT2D eigenvalue weighted by Crippen LogP contribution is -2.45. The highest BCUT2D eigenvalue weighted by Gasteiger charge is 2.26. The van der Waals surface area contributed by atoms with Crippen LogP contribution in [-0.2, 0) is 6.54 Å². The van der Waals surface area contributed by atoms with Crippen LogP contribution >= 0.6 is 24.0 Å². The molecule has 1 unspecified atom stereocenters. The lowest BCUT2D eigenvalue weighted by molar-refractivity contribution is -0.385. The van der Waals surface area contributed by atoms with E-state index in [4.69, 9.17) is 11.6 Å². The second kappa shape index (κ2) is 8.39. The van der Waals surface area contributed by atoms with Crippen LogP contribution in [0.1, 0.15) is 17.2 Å². The van der Waals surface area contributed by atoms with E-state index in [-0.39, 0.29) is 29.1 Å². The predicted octanol–water partition coefficient (Wildman–Crippen LogP) is 3.21. The van der Waals surface area contributed by atoms with Crippen LogP contribution in [0, 0.1) is 10.1 Å². The molecule has 1 fully saturated rings.